The Bertz CT molecular complexity index is 1130. The van der Waals surface area contributed by atoms with Crippen molar-refractivity contribution >= 4 is 27.5 Å². The first-order chi connectivity index (χ1) is 19.0. The quantitative estimate of drug-likeness (QED) is 0.355. The van der Waals surface area contributed by atoms with Crippen LogP contribution in [0.25, 0.3) is 0 Å². The molecule has 5 rings (SSSR count). The smallest absolute Gasteiger partial charge is 0.243 e. The summed E-state index contributed by atoms with van der Waals surface area (Å²) in [6.45, 7) is 7.08. The first kappa shape index (κ1) is 30.3. The van der Waals surface area contributed by atoms with Crippen LogP contribution in [0.3, 0.4) is 0 Å². The summed E-state index contributed by atoms with van der Waals surface area (Å²) in [4.78, 5) is 18.0. The van der Waals surface area contributed by atoms with E-state index in [2.05, 4.69) is 4.90 Å². The number of sulfonamides is 1. The molecule has 224 valence electrons. The molecule has 7 nitrogen and oxygen atoms in total. The Morgan fingerprint density at radius 3 is 2.25 bits per heavy atom. The van der Waals surface area contributed by atoms with E-state index in [-0.39, 0.29) is 35.6 Å². The van der Waals surface area contributed by atoms with E-state index in [1.165, 1.54) is 19.3 Å². The van der Waals surface area contributed by atoms with Crippen molar-refractivity contribution in [3.63, 3.8) is 0 Å². The van der Waals surface area contributed by atoms with Crippen molar-refractivity contribution in [1.29, 1.82) is 0 Å². The van der Waals surface area contributed by atoms with Gasteiger partial charge in [0.15, 0.2) is 0 Å². The number of halogens is 1. The number of aliphatic hydroxyl groups is 1. The SMILES string of the molecule is CC(C)(CO)N1CCN(C(=O)CC2(CC3CCCC(CCCC4CC4)N3S(=O)(=O)c3ccc(Cl)cc3)CC2)CC1. The minimum absolute atomic E-state index is 0.0210. The van der Waals surface area contributed by atoms with E-state index in [4.69, 9.17) is 11.6 Å². The van der Waals surface area contributed by atoms with Gasteiger partial charge in [0, 0.05) is 55.2 Å². The molecule has 2 aliphatic heterocycles. The van der Waals surface area contributed by atoms with Crippen LogP contribution in [0.4, 0.5) is 0 Å². The van der Waals surface area contributed by atoms with Crippen LogP contribution in [0.15, 0.2) is 29.2 Å². The molecule has 4 aliphatic rings. The highest BCUT2D eigenvalue weighted by atomic mass is 35.5. The van der Waals surface area contributed by atoms with Gasteiger partial charge in [-0.15, -0.1) is 0 Å². The van der Waals surface area contributed by atoms with E-state index in [0.717, 1.165) is 70.4 Å². The molecule has 2 atom stereocenters. The van der Waals surface area contributed by atoms with Gasteiger partial charge in [0.05, 0.1) is 11.5 Å². The molecule has 2 saturated heterocycles. The van der Waals surface area contributed by atoms with Gasteiger partial charge in [0.25, 0.3) is 0 Å². The fraction of sp³-hybridized carbons (Fsp3) is 0.774. The highest BCUT2D eigenvalue weighted by Gasteiger charge is 2.50. The maximum absolute atomic E-state index is 14.1. The molecule has 1 N–H and O–H groups in total. The highest BCUT2D eigenvalue weighted by Crippen LogP contribution is 2.55. The molecule has 1 amide bonds. The molecule has 9 heteroatoms. The van der Waals surface area contributed by atoms with Gasteiger partial charge in [-0.05, 0) is 88.0 Å². The van der Waals surface area contributed by atoms with Crippen molar-refractivity contribution in [2.75, 3.05) is 32.8 Å². The van der Waals surface area contributed by atoms with Crippen LogP contribution in [0, 0.1) is 11.3 Å². The molecule has 1 aromatic rings. The molecule has 2 unspecified atom stereocenters. The average molecular weight is 594 g/mol. The Balaban J connectivity index is 1.27. The summed E-state index contributed by atoms with van der Waals surface area (Å²) in [5, 5.41) is 10.3. The summed E-state index contributed by atoms with van der Waals surface area (Å²) in [5.74, 6) is 1.04. The zero-order valence-corrected chi connectivity index (χ0v) is 25.9. The summed E-state index contributed by atoms with van der Waals surface area (Å²) >= 11 is 6.10. The van der Waals surface area contributed by atoms with E-state index in [1.807, 2.05) is 23.1 Å². The van der Waals surface area contributed by atoms with Crippen LogP contribution in [0.2, 0.25) is 5.02 Å². The van der Waals surface area contributed by atoms with E-state index >= 15 is 0 Å². The fourth-order valence-electron chi connectivity index (χ4n) is 7.00. The van der Waals surface area contributed by atoms with Gasteiger partial charge in [0.2, 0.25) is 15.9 Å². The molecular weight excluding hydrogens is 546 g/mol. The number of piperazine rings is 1. The number of carbonyl (C=O) groups excluding carboxylic acids is 1. The Morgan fingerprint density at radius 1 is 1.00 bits per heavy atom. The van der Waals surface area contributed by atoms with Crippen LogP contribution < -0.4 is 0 Å². The van der Waals surface area contributed by atoms with Crippen molar-refractivity contribution in [1.82, 2.24) is 14.1 Å². The number of piperidine rings is 1. The number of hydrogen-bond acceptors (Lipinski definition) is 5. The molecular formula is C31H48ClN3O4S. The van der Waals surface area contributed by atoms with Crippen molar-refractivity contribution in [3.8, 4) is 0 Å². The lowest BCUT2D eigenvalue weighted by Gasteiger charge is -2.44. The Labute approximate surface area is 246 Å². The monoisotopic (exact) mass is 593 g/mol. The second-order valence-electron chi connectivity index (χ2n) is 13.6. The standard InChI is InChI=1S/C31H48ClN3O4S/c1-30(2,23-36)34-19-17-33(18-20-34)29(37)22-31(15-16-31)21-27-8-4-7-26(6-3-5-24-9-10-24)35(27)40(38,39)28-13-11-25(32)12-14-28/h11-14,24,26-27,36H,3-10,15-23H2,1-2H3. The second-order valence-corrected chi connectivity index (χ2v) is 15.9. The van der Waals surface area contributed by atoms with Gasteiger partial charge < -0.3 is 10.0 Å². The van der Waals surface area contributed by atoms with Crippen molar-refractivity contribution < 1.29 is 18.3 Å². The molecule has 1 aromatic carbocycles. The first-order valence-corrected chi connectivity index (χ1v) is 17.3. The number of hydrogen-bond donors (Lipinski definition) is 1. The average Bonchev–Trinajstić information content (AvgIpc) is 3.87. The predicted molar refractivity (Wildman–Crippen MR) is 159 cm³/mol. The number of amides is 1. The van der Waals surface area contributed by atoms with Crippen LogP contribution in [0.1, 0.15) is 90.9 Å². The molecule has 4 fully saturated rings. The third-order valence-electron chi connectivity index (χ3n) is 10.1. The molecule has 2 saturated carbocycles. The Morgan fingerprint density at radius 2 is 1.65 bits per heavy atom. The zero-order chi connectivity index (χ0) is 28.5. The topological polar surface area (TPSA) is 81.2 Å². The van der Waals surface area contributed by atoms with E-state index in [9.17, 15) is 18.3 Å². The van der Waals surface area contributed by atoms with Gasteiger partial charge in [-0.2, -0.15) is 4.31 Å². The molecule has 0 radical (unpaired) electrons. The van der Waals surface area contributed by atoms with Gasteiger partial charge in [0.1, 0.15) is 0 Å². The summed E-state index contributed by atoms with van der Waals surface area (Å²) in [7, 11) is -3.68. The summed E-state index contributed by atoms with van der Waals surface area (Å²) in [6, 6.07) is 6.55. The molecule has 0 aromatic heterocycles. The normalized spacial score (nSPS) is 26.1. The molecule has 0 bridgehead atoms. The maximum atomic E-state index is 14.1. The lowest BCUT2D eigenvalue weighted by Crippen LogP contribution is -2.57. The third kappa shape index (κ3) is 7.05. The first-order valence-electron chi connectivity index (χ1n) is 15.5. The zero-order valence-electron chi connectivity index (χ0n) is 24.4. The lowest BCUT2D eigenvalue weighted by molar-refractivity contribution is -0.135. The van der Waals surface area contributed by atoms with Gasteiger partial charge in [-0.3, -0.25) is 9.69 Å². The summed E-state index contributed by atoms with van der Waals surface area (Å²) in [5.41, 5.74) is -0.366. The van der Waals surface area contributed by atoms with Gasteiger partial charge in [-0.25, -0.2) is 8.42 Å². The lowest BCUT2D eigenvalue weighted by atomic mass is 9.86. The van der Waals surface area contributed by atoms with Crippen LogP contribution in [0.5, 0.6) is 0 Å². The number of aliphatic hydroxyl groups excluding tert-OH is 1. The Hall–Kier alpha value is -1.19. The number of rotatable bonds is 12. The summed E-state index contributed by atoms with van der Waals surface area (Å²) in [6.07, 6.45) is 11.9. The van der Waals surface area contributed by atoms with Crippen molar-refractivity contribution in [3.05, 3.63) is 29.3 Å². The third-order valence-corrected chi connectivity index (χ3v) is 12.3. The van der Waals surface area contributed by atoms with Crippen LogP contribution in [-0.2, 0) is 14.8 Å². The number of benzene rings is 1. The van der Waals surface area contributed by atoms with Gasteiger partial charge >= 0.3 is 0 Å². The molecule has 2 heterocycles. The summed E-state index contributed by atoms with van der Waals surface area (Å²) < 4.78 is 30.1. The van der Waals surface area contributed by atoms with Crippen molar-refractivity contribution in [2.24, 2.45) is 11.3 Å². The molecule has 0 spiro atoms. The number of carbonyl (C=O) groups is 1. The number of nitrogens with zero attached hydrogens (tertiary/aromatic N) is 3. The van der Waals surface area contributed by atoms with Crippen LogP contribution >= 0.6 is 11.6 Å². The largest absolute Gasteiger partial charge is 0.394 e. The molecule has 2 aliphatic carbocycles. The fourth-order valence-corrected chi connectivity index (χ4v) is 9.02. The minimum atomic E-state index is -3.68. The predicted octanol–water partition coefficient (Wildman–Crippen LogP) is 5.31. The van der Waals surface area contributed by atoms with E-state index < -0.39 is 10.0 Å². The maximum Gasteiger partial charge on any atom is 0.243 e. The van der Waals surface area contributed by atoms with Crippen LogP contribution in [-0.4, -0.2) is 83.9 Å². The second kappa shape index (κ2) is 12.2. The molecule has 40 heavy (non-hydrogen) atoms. The minimum Gasteiger partial charge on any atom is -0.394 e. The van der Waals surface area contributed by atoms with E-state index in [1.54, 1.807) is 24.3 Å². The van der Waals surface area contributed by atoms with E-state index in [0.29, 0.717) is 29.4 Å². The van der Waals surface area contributed by atoms with Crippen molar-refractivity contribution in [2.45, 2.75) is 113 Å². The van der Waals surface area contributed by atoms with Gasteiger partial charge in [-0.1, -0.05) is 43.7 Å². The Kier molecular flexibility index (Phi) is 9.23. The highest BCUT2D eigenvalue weighted by molar-refractivity contribution is 7.89.